The Morgan fingerprint density at radius 2 is 1.91 bits per heavy atom. The van der Waals surface area contributed by atoms with Crippen LogP contribution in [-0.2, 0) is 14.3 Å². The number of amides is 1. The number of rotatable bonds is 3. The molecule has 0 atom stereocenters. The zero-order valence-electron chi connectivity index (χ0n) is 13.3. The molecule has 1 aliphatic rings. The number of hydrogen-bond donors (Lipinski definition) is 1. The highest BCUT2D eigenvalue weighted by Gasteiger charge is 2.24. The Hall–Kier alpha value is -2.41. The van der Waals surface area contributed by atoms with Crippen molar-refractivity contribution in [2.45, 2.75) is 20.8 Å². The third-order valence-corrected chi connectivity index (χ3v) is 4.07. The molecule has 0 unspecified atom stereocenters. The van der Waals surface area contributed by atoms with Gasteiger partial charge in [0.05, 0.1) is 18.2 Å². The van der Waals surface area contributed by atoms with Crippen LogP contribution in [0, 0.1) is 20.8 Å². The average molecular weight is 331 g/mol. The van der Waals surface area contributed by atoms with Gasteiger partial charge in [0.25, 0.3) is 5.91 Å². The van der Waals surface area contributed by atoms with Crippen LogP contribution in [0.3, 0.4) is 0 Å². The van der Waals surface area contributed by atoms with Crippen LogP contribution in [0.25, 0.3) is 0 Å². The summed E-state index contributed by atoms with van der Waals surface area (Å²) in [6, 6.07) is 4.15. The molecule has 0 aliphatic carbocycles. The van der Waals surface area contributed by atoms with Crippen molar-refractivity contribution >= 4 is 35.0 Å². The molecule has 0 spiro atoms. The number of methoxy groups -OCH3 is 1. The summed E-state index contributed by atoms with van der Waals surface area (Å²) in [5.74, 6) is -0.977. The topological polar surface area (TPSA) is 80.1 Å². The van der Waals surface area contributed by atoms with Crippen LogP contribution in [0.4, 0.5) is 0 Å². The predicted octanol–water partition coefficient (Wildman–Crippen LogP) is 2.22. The largest absolute Gasteiger partial charge is 0.466 e. The monoisotopic (exact) mass is 331 g/mol. The molecule has 7 heteroatoms. The quantitative estimate of drug-likeness (QED) is 0.399. The van der Waals surface area contributed by atoms with Crippen molar-refractivity contribution in [1.82, 2.24) is 5.32 Å². The van der Waals surface area contributed by atoms with Gasteiger partial charge >= 0.3 is 5.97 Å². The molecule has 1 N–H and O–H groups in total. The Kier molecular flexibility index (Phi) is 5.33. The first-order valence-corrected chi connectivity index (χ1v) is 7.70. The fourth-order valence-corrected chi connectivity index (χ4v) is 2.91. The third-order valence-electron chi connectivity index (χ3n) is 3.17. The van der Waals surface area contributed by atoms with Gasteiger partial charge in [-0.2, -0.15) is 5.10 Å². The molecular weight excluding hydrogens is 314 g/mol. The van der Waals surface area contributed by atoms with Gasteiger partial charge in [0.1, 0.15) is 0 Å². The first kappa shape index (κ1) is 17.0. The van der Waals surface area contributed by atoms with Crippen molar-refractivity contribution in [2.24, 2.45) is 10.2 Å². The Morgan fingerprint density at radius 3 is 2.52 bits per heavy atom. The lowest BCUT2D eigenvalue weighted by Gasteiger charge is -2.05. The number of nitrogens with zero attached hydrogens (tertiary/aromatic N) is 2. The SMILES string of the molecule is COC(=O)/C=C1/S/C(=N\N=Cc2c(C)cc(C)cc2C)NC1=O. The minimum Gasteiger partial charge on any atom is -0.466 e. The third kappa shape index (κ3) is 4.29. The molecule has 1 aliphatic heterocycles. The molecule has 0 saturated carbocycles. The molecule has 0 bridgehead atoms. The molecular formula is C16H17N3O3S. The predicted molar refractivity (Wildman–Crippen MR) is 91.5 cm³/mol. The maximum atomic E-state index is 11.7. The van der Waals surface area contributed by atoms with Crippen molar-refractivity contribution in [3.05, 3.63) is 45.4 Å². The second-order valence-corrected chi connectivity index (χ2v) is 6.08. The lowest BCUT2D eigenvalue weighted by molar-refractivity contribution is -0.135. The van der Waals surface area contributed by atoms with E-state index in [-0.39, 0.29) is 4.91 Å². The Labute approximate surface area is 138 Å². The zero-order valence-corrected chi connectivity index (χ0v) is 14.2. The molecule has 0 radical (unpaired) electrons. The van der Waals surface area contributed by atoms with Gasteiger partial charge in [0.15, 0.2) is 5.17 Å². The molecule has 1 saturated heterocycles. The molecule has 1 amide bonds. The zero-order chi connectivity index (χ0) is 17.0. The minimum atomic E-state index is -0.585. The van der Waals surface area contributed by atoms with Crippen LogP contribution < -0.4 is 5.32 Å². The number of carbonyl (C=O) groups excluding carboxylic acids is 2. The molecule has 0 aromatic heterocycles. The number of ether oxygens (including phenoxy) is 1. The Bertz CT molecular complexity index is 728. The number of carbonyl (C=O) groups is 2. The molecule has 6 nitrogen and oxygen atoms in total. The van der Waals surface area contributed by atoms with Crippen molar-refractivity contribution in [3.63, 3.8) is 0 Å². The summed E-state index contributed by atoms with van der Waals surface area (Å²) in [4.78, 5) is 23.1. The second-order valence-electron chi connectivity index (χ2n) is 5.05. The molecule has 1 aromatic carbocycles. The molecule has 120 valence electrons. The summed E-state index contributed by atoms with van der Waals surface area (Å²) in [6.45, 7) is 6.07. The van der Waals surface area contributed by atoms with Crippen LogP contribution in [-0.4, -0.2) is 30.4 Å². The Balaban J connectivity index is 2.14. The fourth-order valence-electron chi connectivity index (χ4n) is 2.17. The number of thioether (sulfide) groups is 1. The van der Waals surface area contributed by atoms with Gasteiger partial charge in [-0.1, -0.05) is 17.7 Å². The van der Waals surface area contributed by atoms with E-state index in [2.05, 4.69) is 32.4 Å². The van der Waals surface area contributed by atoms with Crippen LogP contribution in [0.5, 0.6) is 0 Å². The van der Waals surface area contributed by atoms with E-state index in [1.807, 2.05) is 20.8 Å². The van der Waals surface area contributed by atoms with Gasteiger partial charge in [-0.3, -0.25) is 10.1 Å². The van der Waals surface area contributed by atoms with Crippen LogP contribution >= 0.6 is 11.8 Å². The van der Waals surface area contributed by atoms with Crippen molar-refractivity contribution in [3.8, 4) is 0 Å². The van der Waals surface area contributed by atoms with Gasteiger partial charge in [0.2, 0.25) is 0 Å². The first-order valence-electron chi connectivity index (χ1n) is 6.88. The van der Waals surface area contributed by atoms with Crippen molar-refractivity contribution in [1.29, 1.82) is 0 Å². The highest BCUT2D eigenvalue weighted by atomic mass is 32.2. The summed E-state index contributed by atoms with van der Waals surface area (Å²) in [6.07, 6.45) is 2.78. The van der Waals surface area contributed by atoms with Gasteiger partial charge in [-0.25, -0.2) is 4.79 Å². The maximum absolute atomic E-state index is 11.7. The van der Waals surface area contributed by atoms with E-state index in [0.717, 1.165) is 34.5 Å². The summed E-state index contributed by atoms with van der Waals surface area (Å²) in [5, 5.41) is 10.9. The van der Waals surface area contributed by atoms with E-state index < -0.39 is 11.9 Å². The molecule has 1 heterocycles. The number of esters is 1. The fraction of sp³-hybridized carbons (Fsp3) is 0.250. The molecule has 1 aromatic rings. The van der Waals surface area contributed by atoms with E-state index in [4.69, 9.17) is 0 Å². The number of amidine groups is 1. The number of aryl methyl sites for hydroxylation is 3. The van der Waals surface area contributed by atoms with Crippen molar-refractivity contribution < 1.29 is 14.3 Å². The van der Waals surface area contributed by atoms with Gasteiger partial charge in [-0.05, 0) is 43.7 Å². The summed E-state index contributed by atoms with van der Waals surface area (Å²) < 4.78 is 4.49. The highest BCUT2D eigenvalue weighted by Crippen LogP contribution is 2.23. The average Bonchev–Trinajstić information content (AvgIpc) is 2.81. The van der Waals surface area contributed by atoms with E-state index in [1.165, 1.54) is 12.7 Å². The molecule has 23 heavy (non-hydrogen) atoms. The van der Waals surface area contributed by atoms with Gasteiger partial charge in [0, 0.05) is 11.6 Å². The maximum Gasteiger partial charge on any atom is 0.331 e. The van der Waals surface area contributed by atoms with Crippen LogP contribution in [0.1, 0.15) is 22.3 Å². The number of nitrogens with one attached hydrogen (secondary N) is 1. The van der Waals surface area contributed by atoms with E-state index >= 15 is 0 Å². The van der Waals surface area contributed by atoms with Gasteiger partial charge in [-0.15, -0.1) is 5.10 Å². The van der Waals surface area contributed by atoms with E-state index in [9.17, 15) is 9.59 Å². The molecule has 1 fully saturated rings. The van der Waals surface area contributed by atoms with Crippen LogP contribution in [0.15, 0.2) is 33.3 Å². The first-order chi connectivity index (χ1) is 10.9. The number of benzene rings is 1. The van der Waals surface area contributed by atoms with Crippen molar-refractivity contribution in [2.75, 3.05) is 7.11 Å². The number of hydrogen-bond acceptors (Lipinski definition) is 6. The summed E-state index contributed by atoms with van der Waals surface area (Å²) in [7, 11) is 1.25. The highest BCUT2D eigenvalue weighted by molar-refractivity contribution is 8.18. The molecule has 2 rings (SSSR count). The lowest BCUT2D eigenvalue weighted by atomic mass is 10.0. The normalized spacial score (nSPS) is 18.0. The summed E-state index contributed by atoms with van der Waals surface area (Å²) >= 11 is 1.04. The Morgan fingerprint density at radius 1 is 1.26 bits per heavy atom. The smallest absolute Gasteiger partial charge is 0.331 e. The lowest BCUT2D eigenvalue weighted by Crippen LogP contribution is -2.19. The summed E-state index contributed by atoms with van der Waals surface area (Å²) in [5.41, 5.74) is 4.42. The van der Waals surface area contributed by atoms with Gasteiger partial charge < -0.3 is 4.74 Å². The minimum absolute atomic E-state index is 0.230. The van der Waals surface area contributed by atoms with E-state index in [0.29, 0.717) is 5.17 Å². The van der Waals surface area contributed by atoms with E-state index in [1.54, 1.807) is 6.21 Å². The second kappa shape index (κ2) is 7.23. The standard InChI is InChI=1S/C16H17N3O3S/c1-9-5-10(2)12(11(3)6-9)8-17-19-16-18-15(21)13(23-16)7-14(20)22-4/h5-8H,1-4H3,(H,18,19,21)/b13-7+,17-8?. The van der Waals surface area contributed by atoms with Crippen LogP contribution in [0.2, 0.25) is 0 Å².